The molecule has 0 saturated heterocycles. The maximum absolute atomic E-state index is 6.15. The molecule has 1 heterocycles. The molecule has 2 nitrogen and oxygen atoms in total. The Kier molecular flexibility index (Phi) is 3.73. The van der Waals surface area contributed by atoms with Gasteiger partial charge in [0.2, 0.25) is 0 Å². The first-order valence-corrected chi connectivity index (χ1v) is 7.08. The number of furan rings is 1. The normalized spacial score (nSPS) is 12.3. The van der Waals surface area contributed by atoms with Gasteiger partial charge in [-0.05, 0) is 43.0 Å². The van der Waals surface area contributed by atoms with E-state index in [-0.39, 0.29) is 5.41 Å². The second kappa shape index (κ2) is 5.01. The monoisotopic (exact) mass is 259 g/mol. The van der Waals surface area contributed by atoms with Crippen LogP contribution in [-0.2, 0) is 12.0 Å². The lowest BCUT2D eigenvalue weighted by atomic mass is 9.85. The summed E-state index contributed by atoms with van der Waals surface area (Å²) in [6, 6.07) is 4.49. The highest BCUT2D eigenvalue weighted by Gasteiger charge is 2.22. The highest BCUT2D eigenvalue weighted by molar-refractivity contribution is 5.86. The van der Waals surface area contributed by atoms with Gasteiger partial charge in [-0.25, -0.2) is 0 Å². The average Bonchev–Trinajstić information content (AvgIpc) is 2.62. The summed E-state index contributed by atoms with van der Waals surface area (Å²) >= 11 is 0. The van der Waals surface area contributed by atoms with Crippen LogP contribution in [0.3, 0.4) is 0 Å². The quantitative estimate of drug-likeness (QED) is 0.880. The molecule has 0 aliphatic heterocycles. The predicted molar refractivity (Wildman–Crippen MR) is 81.8 cm³/mol. The highest BCUT2D eigenvalue weighted by atomic mass is 16.3. The molecule has 0 aliphatic rings. The summed E-state index contributed by atoms with van der Waals surface area (Å²) in [4.78, 5) is 0. The van der Waals surface area contributed by atoms with E-state index in [9.17, 15) is 0 Å². The molecule has 0 atom stereocenters. The van der Waals surface area contributed by atoms with Crippen LogP contribution in [0.15, 0.2) is 16.5 Å². The molecule has 0 bridgehead atoms. The van der Waals surface area contributed by atoms with E-state index in [1.165, 1.54) is 22.1 Å². The van der Waals surface area contributed by atoms with Gasteiger partial charge in [-0.2, -0.15) is 0 Å². The van der Waals surface area contributed by atoms with Crippen molar-refractivity contribution in [2.45, 2.75) is 53.5 Å². The fourth-order valence-corrected chi connectivity index (χ4v) is 2.48. The first-order valence-electron chi connectivity index (χ1n) is 7.08. The van der Waals surface area contributed by atoms with E-state index >= 15 is 0 Å². The third kappa shape index (κ3) is 2.69. The van der Waals surface area contributed by atoms with Crippen molar-refractivity contribution in [1.82, 2.24) is 5.32 Å². The minimum atomic E-state index is 0.101. The first-order chi connectivity index (χ1) is 8.84. The van der Waals surface area contributed by atoms with Crippen LogP contribution in [0.1, 0.15) is 50.1 Å². The molecule has 19 heavy (non-hydrogen) atoms. The molecule has 0 amide bonds. The number of hydrogen-bond donors (Lipinski definition) is 1. The zero-order valence-electron chi connectivity index (χ0n) is 13.0. The molecule has 2 rings (SSSR count). The Balaban J connectivity index is 2.65. The number of benzene rings is 1. The fraction of sp³-hybridized carbons (Fsp3) is 0.529. The minimum Gasteiger partial charge on any atom is -0.459 e. The van der Waals surface area contributed by atoms with E-state index in [2.05, 4.69) is 59.0 Å². The van der Waals surface area contributed by atoms with Crippen LogP contribution < -0.4 is 5.32 Å². The molecule has 104 valence electrons. The predicted octanol–water partition coefficient (Wildman–Crippen LogP) is 4.46. The molecule has 0 unspecified atom stereocenters. The Morgan fingerprint density at radius 2 is 1.84 bits per heavy atom. The van der Waals surface area contributed by atoms with E-state index in [1.807, 2.05) is 0 Å². The highest BCUT2D eigenvalue weighted by Crippen LogP contribution is 2.35. The maximum atomic E-state index is 6.15. The Morgan fingerprint density at radius 1 is 1.16 bits per heavy atom. The zero-order valence-corrected chi connectivity index (χ0v) is 13.0. The van der Waals surface area contributed by atoms with Crippen LogP contribution in [0.2, 0.25) is 0 Å². The van der Waals surface area contributed by atoms with Gasteiger partial charge >= 0.3 is 0 Å². The lowest BCUT2D eigenvalue weighted by Gasteiger charge is -2.19. The Hall–Kier alpha value is -1.28. The second-order valence-electron chi connectivity index (χ2n) is 6.37. The van der Waals surface area contributed by atoms with Gasteiger partial charge in [0.15, 0.2) is 0 Å². The van der Waals surface area contributed by atoms with Crippen LogP contribution in [0.5, 0.6) is 0 Å². The van der Waals surface area contributed by atoms with Crippen molar-refractivity contribution < 1.29 is 4.42 Å². The molecule has 2 heteroatoms. The maximum Gasteiger partial charge on any atom is 0.138 e. The van der Waals surface area contributed by atoms with Crippen LogP contribution in [0.25, 0.3) is 11.0 Å². The van der Waals surface area contributed by atoms with E-state index in [1.54, 1.807) is 0 Å². The second-order valence-corrected chi connectivity index (χ2v) is 6.37. The van der Waals surface area contributed by atoms with Crippen molar-refractivity contribution in [1.29, 1.82) is 0 Å². The van der Waals surface area contributed by atoms with Gasteiger partial charge in [-0.3, -0.25) is 0 Å². The van der Waals surface area contributed by atoms with Crippen molar-refractivity contribution in [3.8, 4) is 0 Å². The minimum absolute atomic E-state index is 0.101. The summed E-state index contributed by atoms with van der Waals surface area (Å²) in [5, 5.41) is 4.61. The molecule has 0 saturated carbocycles. The largest absolute Gasteiger partial charge is 0.459 e. The van der Waals surface area contributed by atoms with Crippen molar-refractivity contribution >= 4 is 11.0 Å². The molecule has 1 aromatic carbocycles. The lowest BCUT2D eigenvalue weighted by Crippen LogP contribution is -2.12. The van der Waals surface area contributed by atoms with Gasteiger partial charge in [0.25, 0.3) is 0 Å². The molecule has 0 fully saturated rings. The third-order valence-corrected chi connectivity index (χ3v) is 3.62. The average molecular weight is 259 g/mol. The van der Waals surface area contributed by atoms with E-state index in [0.717, 1.165) is 24.4 Å². The van der Waals surface area contributed by atoms with Gasteiger partial charge in [-0.15, -0.1) is 0 Å². The number of nitrogens with one attached hydrogen (secondary N) is 1. The van der Waals surface area contributed by atoms with Gasteiger partial charge < -0.3 is 9.73 Å². The van der Waals surface area contributed by atoms with E-state index in [0.29, 0.717) is 0 Å². The van der Waals surface area contributed by atoms with Crippen molar-refractivity contribution in [2.24, 2.45) is 0 Å². The van der Waals surface area contributed by atoms with Crippen molar-refractivity contribution in [3.63, 3.8) is 0 Å². The molecule has 2 aromatic rings. The van der Waals surface area contributed by atoms with Gasteiger partial charge in [0.05, 0.1) is 6.54 Å². The van der Waals surface area contributed by atoms with Gasteiger partial charge in [0, 0.05) is 10.9 Å². The number of rotatable bonds is 3. The summed E-state index contributed by atoms with van der Waals surface area (Å²) in [7, 11) is 0. The smallest absolute Gasteiger partial charge is 0.138 e. The molecule has 0 spiro atoms. The Labute approximate surface area is 116 Å². The molecule has 1 aromatic heterocycles. The number of fused-ring (bicyclic) bond motifs is 1. The van der Waals surface area contributed by atoms with Crippen LogP contribution in [0.4, 0.5) is 0 Å². The van der Waals surface area contributed by atoms with E-state index in [4.69, 9.17) is 4.42 Å². The topological polar surface area (TPSA) is 25.2 Å². The van der Waals surface area contributed by atoms with Crippen LogP contribution in [-0.4, -0.2) is 6.54 Å². The van der Waals surface area contributed by atoms with Gasteiger partial charge in [-0.1, -0.05) is 33.8 Å². The third-order valence-electron chi connectivity index (χ3n) is 3.62. The molecule has 0 radical (unpaired) electrons. The lowest BCUT2D eigenvalue weighted by molar-refractivity contribution is 0.502. The summed E-state index contributed by atoms with van der Waals surface area (Å²) in [6.45, 7) is 14.9. The number of hydrogen-bond acceptors (Lipinski definition) is 2. The van der Waals surface area contributed by atoms with Crippen molar-refractivity contribution in [2.75, 3.05) is 6.54 Å². The zero-order chi connectivity index (χ0) is 14.2. The van der Waals surface area contributed by atoms with E-state index < -0.39 is 0 Å². The molecular formula is C17H25NO. The molecule has 1 N–H and O–H groups in total. The number of aryl methyl sites for hydroxylation is 2. The van der Waals surface area contributed by atoms with Gasteiger partial charge in [0.1, 0.15) is 11.3 Å². The Morgan fingerprint density at radius 3 is 2.42 bits per heavy atom. The summed E-state index contributed by atoms with van der Waals surface area (Å²) in [6.07, 6.45) is 0. The molecule has 0 aliphatic carbocycles. The Bertz CT molecular complexity index is 587. The van der Waals surface area contributed by atoms with Crippen molar-refractivity contribution in [3.05, 3.63) is 34.6 Å². The summed E-state index contributed by atoms with van der Waals surface area (Å²) in [5.74, 6) is 1.06. The van der Waals surface area contributed by atoms with Crippen LogP contribution in [0, 0.1) is 13.8 Å². The fourth-order valence-electron chi connectivity index (χ4n) is 2.48. The molecular weight excluding hydrogens is 234 g/mol. The summed E-state index contributed by atoms with van der Waals surface area (Å²) < 4.78 is 6.15. The van der Waals surface area contributed by atoms with Crippen LogP contribution >= 0.6 is 0 Å². The first kappa shape index (κ1) is 14.1. The standard InChI is InChI=1S/C17H25NO/c1-7-18-10-15-12(3)13-8-11(2)9-14(16(13)19-15)17(4,5)6/h8-9,18H,7,10H2,1-6H3. The summed E-state index contributed by atoms with van der Waals surface area (Å²) in [5.41, 5.74) is 5.03. The SMILES string of the molecule is CCNCc1oc2c(C(C)(C)C)cc(C)cc2c1C.